The van der Waals surface area contributed by atoms with Gasteiger partial charge in [0.25, 0.3) is 0 Å². The Balaban J connectivity index is 1.39. The third kappa shape index (κ3) is 7.05. The number of carboxylic acids is 1. The van der Waals surface area contributed by atoms with E-state index in [9.17, 15) is 14.4 Å². The van der Waals surface area contributed by atoms with E-state index in [4.69, 9.17) is 14.6 Å². The quantitative estimate of drug-likeness (QED) is 0.388. The van der Waals surface area contributed by atoms with Crippen LogP contribution in [-0.4, -0.2) is 56.0 Å². The Hall–Kier alpha value is -3.39. The molecule has 1 atom stereocenters. The Labute approximate surface area is 199 Å². The van der Waals surface area contributed by atoms with E-state index in [2.05, 4.69) is 34.9 Å². The van der Waals surface area contributed by atoms with Gasteiger partial charge in [-0.3, -0.25) is 9.59 Å². The molecule has 0 aliphatic heterocycles. The van der Waals surface area contributed by atoms with E-state index in [-0.39, 0.29) is 50.4 Å². The molecule has 1 unspecified atom stereocenters. The van der Waals surface area contributed by atoms with Crippen molar-refractivity contribution in [1.29, 1.82) is 0 Å². The molecule has 8 heteroatoms. The lowest BCUT2D eigenvalue weighted by Gasteiger charge is -2.17. The van der Waals surface area contributed by atoms with Crippen LogP contribution in [0.3, 0.4) is 0 Å². The van der Waals surface area contributed by atoms with Crippen LogP contribution in [0.15, 0.2) is 48.5 Å². The highest BCUT2D eigenvalue weighted by Gasteiger charge is 2.29. The summed E-state index contributed by atoms with van der Waals surface area (Å²) in [7, 11) is 0. The minimum absolute atomic E-state index is 0.00335. The Bertz CT molecular complexity index is 947. The average Bonchev–Trinajstić information content (AvgIpc) is 3.16. The topological polar surface area (TPSA) is 114 Å². The van der Waals surface area contributed by atoms with E-state index < -0.39 is 12.1 Å². The lowest BCUT2D eigenvalue weighted by molar-refractivity contribution is -0.138. The Kier molecular flexibility index (Phi) is 9.46. The highest BCUT2D eigenvalue weighted by molar-refractivity contribution is 5.79. The van der Waals surface area contributed by atoms with E-state index >= 15 is 0 Å². The van der Waals surface area contributed by atoms with E-state index in [0.29, 0.717) is 13.1 Å². The molecule has 3 N–H and O–H groups in total. The fraction of sp³-hybridized carbons (Fsp3) is 0.423. The fourth-order valence-electron chi connectivity index (χ4n) is 4.10. The lowest BCUT2D eigenvalue weighted by Crippen LogP contribution is -2.34. The van der Waals surface area contributed by atoms with Gasteiger partial charge in [-0.15, -0.1) is 0 Å². The molecule has 1 aliphatic carbocycles. The van der Waals surface area contributed by atoms with Gasteiger partial charge < -0.3 is 25.2 Å². The molecule has 8 nitrogen and oxygen atoms in total. The van der Waals surface area contributed by atoms with Crippen LogP contribution in [0.2, 0.25) is 0 Å². The van der Waals surface area contributed by atoms with Crippen LogP contribution < -0.4 is 10.6 Å². The molecule has 3 rings (SSSR count). The molecule has 34 heavy (non-hydrogen) atoms. The standard InChI is InChI=1S/C26H32N2O6/c1-2-18(15-24(29)27-12-14-33-13-11-25(30)31)16-28-26(32)34-17-23-21-9-5-3-7-19(21)20-8-4-6-10-22(20)23/h3-10,18,23H,2,11-17H2,1H3,(H,27,29)(H,28,32)(H,30,31). The molecular formula is C26H32N2O6. The summed E-state index contributed by atoms with van der Waals surface area (Å²) in [6.45, 7) is 3.25. The van der Waals surface area contributed by atoms with Gasteiger partial charge in [0.2, 0.25) is 5.91 Å². The first kappa shape index (κ1) is 25.2. The second-order valence-electron chi connectivity index (χ2n) is 8.29. The number of benzene rings is 2. The van der Waals surface area contributed by atoms with Crippen molar-refractivity contribution in [2.45, 2.75) is 32.1 Å². The predicted octanol–water partition coefficient (Wildman–Crippen LogP) is 3.55. The van der Waals surface area contributed by atoms with Gasteiger partial charge in [-0.1, -0.05) is 61.9 Å². The van der Waals surface area contributed by atoms with Crippen molar-refractivity contribution in [3.63, 3.8) is 0 Å². The smallest absolute Gasteiger partial charge is 0.407 e. The third-order valence-corrected chi connectivity index (χ3v) is 5.96. The summed E-state index contributed by atoms with van der Waals surface area (Å²) in [4.78, 5) is 34.9. The van der Waals surface area contributed by atoms with Gasteiger partial charge in [0, 0.05) is 25.4 Å². The molecule has 182 valence electrons. The summed E-state index contributed by atoms with van der Waals surface area (Å²) in [6.07, 6.45) is 0.446. The van der Waals surface area contributed by atoms with Crippen LogP contribution in [0.1, 0.15) is 43.2 Å². The van der Waals surface area contributed by atoms with Crippen molar-refractivity contribution >= 4 is 18.0 Å². The molecular weight excluding hydrogens is 436 g/mol. The summed E-state index contributed by atoms with van der Waals surface area (Å²) in [5.41, 5.74) is 4.67. The van der Waals surface area contributed by atoms with E-state index in [1.807, 2.05) is 31.2 Å². The molecule has 0 aromatic heterocycles. The molecule has 1 aliphatic rings. The van der Waals surface area contributed by atoms with Crippen molar-refractivity contribution in [3.05, 3.63) is 59.7 Å². The largest absolute Gasteiger partial charge is 0.481 e. The number of carboxylic acid groups (broad SMARTS) is 1. The first-order valence-corrected chi connectivity index (χ1v) is 11.6. The van der Waals surface area contributed by atoms with Crippen LogP contribution in [-0.2, 0) is 19.1 Å². The molecule has 0 spiro atoms. The fourth-order valence-corrected chi connectivity index (χ4v) is 4.10. The summed E-state index contributed by atoms with van der Waals surface area (Å²) < 4.78 is 10.7. The molecule has 2 amide bonds. The molecule has 0 fully saturated rings. The molecule has 0 radical (unpaired) electrons. The second-order valence-corrected chi connectivity index (χ2v) is 8.29. The zero-order valence-corrected chi connectivity index (χ0v) is 19.4. The number of ether oxygens (including phenoxy) is 2. The number of alkyl carbamates (subject to hydrolysis) is 1. The lowest BCUT2D eigenvalue weighted by atomic mass is 9.98. The molecule has 0 heterocycles. The summed E-state index contributed by atoms with van der Waals surface area (Å²) in [6, 6.07) is 16.3. The number of fused-ring (bicyclic) bond motifs is 3. The number of aliphatic carboxylic acids is 1. The van der Waals surface area contributed by atoms with Crippen LogP contribution >= 0.6 is 0 Å². The maximum absolute atomic E-state index is 12.4. The average molecular weight is 469 g/mol. The maximum Gasteiger partial charge on any atom is 0.407 e. The monoisotopic (exact) mass is 468 g/mol. The maximum atomic E-state index is 12.4. The Morgan fingerprint density at radius 2 is 1.62 bits per heavy atom. The molecule has 0 saturated heterocycles. The number of hydrogen-bond acceptors (Lipinski definition) is 5. The SMILES string of the molecule is CCC(CNC(=O)OCC1c2ccccc2-c2ccccc21)CC(=O)NCCOCCC(=O)O. The van der Waals surface area contributed by atoms with Gasteiger partial charge >= 0.3 is 12.1 Å². The van der Waals surface area contributed by atoms with Gasteiger partial charge in [-0.25, -0.2) is 4.79 Å². The van der Waals surface area contributed by atoms with Gasteiger partial charge in [-0.2, -0.15) is 0 Å². The zero-order chi connectivity index (χ0) is 24.3. The van der Waals surface area contributed by atoms with Gasteiger partial charge in [-0.05, 0) is 28.2 Å². The van der Waals surface area contributed by atoms with Crippen molar-refractivity contribution in [3.8, 4) is 11.1 Å². The zero-order valence-electron chi connectivity index (χ0n) is 19.4. The van der Waals surface area contributed by atoms with Gasteiger partial charge in [0.05, 0.1) is 19.6 Å². The molecule has 0 bridgehead atoms. The number of carbonyl (C=O) groups is 3. The number of rotatable bonds is 13. The summed E-state index contributed by atoms with van der Waals surface area (Å²) >= 11 is 0. The summed E-state index contributed by atoms with van der Waals surface area (Å²) in [5.74, 6) is -1.07. The number of nitrogens with one attached hydrogen (secondary N) is 2. The number of amides is 2. The second kappa shape index (κ2) is 12.7. The van der Waals surface area contributed by atoms with Crippen molar-refractivity contribution in [1.82, 2.24) is 10.6 Å². The molecule has 2 aromatic rings. The van der Waals surface area contributed by atoms with Crippen LogP contribution in [0.5, 0.6) is 0 Å². The molecule has 2 aromatic carbocycles. The normalized spacial score (nSPS) is 13.0. The first-order valence-electron chi connectivity index (χ1n) is 11.6. The van der Waals surface area contributed by atoms with Crippen molar-refractivity contribution < 1.29 is 29.0 Å². The Morgan fingerprint density at radius 1 is 0.971 bits per heavy atom. The third-order valence-electron chi connectivity index (χ3n) is 5.96. The predicted molar refractivity (Wildman–Crippen MR) is 128 cm³/mol. The first-order chi connectivity index (χ1) is 16.5. The highest BCUT2D eigenvalue weighted by atomic mass is 16.5. The van der Waals surface area contributed by atoms with Gasteiger partial charge in [0.15, 0.2) is 0 Å². The van der Waals surface area contributed by atoms with Crippen LogP contribution in [0.25, 0.3) is 11.1 Å². The van der Waals surface area contributed by atoms with Crippen molar-refractivity contribution in [2.24, 2.45) is 5.92 Å². The minimum atomic E-state index is -0.918. The Morgan fingerprint density at radius 3 is 2.24 bits per heavy atom. The number of hydrogen-bond donors (Lipinski definition) is 3. The minimum Gasteiger partial charge on any atom is -0.481 e. The van der Waals surface area contributed by atoms with E-state index in [1.54, 1.807) is 0 Å². The summed E-state index contributed by atoms with van der Waals surface area (Å²) in [5, 5.41) is 14.1. The van der Waals surface area contributed by atoms with E-state index in [0.717, 1.165) is 17.5 Å². The van der Waals surface area contributed by atoms with Gasteiger partial charge in [0.1, 0.15) is 6.61 Å². The van der Waals surface area contributed by atoms with Crippen molar-refractivity contribution in [2.75, 3.05) is 32.9 Å². The van der Waals surface area contributed by atoms with Crippen LogP contribution in [0.4, 0.5) is 4.79 Å². The van der Waals surface area contributed by atoms with Crippen LogP contribution in [0, 0.1) is 5.92 Å². The highest BCUT2D eigenvalue weighted by Crippen LogP contribution is 2.44. The molecule has 0 saturated carbocycles. The van der Waals surface area contributed by atoms with E-state index in [1.165, 1.54) is 11.1 Å². The number of carbonyl (C=O) groups excluding carboxylic acids is 2.